The van der Waals surface area contributed by atoms with Crippen molar-refractivity contribution in [3.8, 4) is 0 Å². The lowest BCUT2D eigenvalue weighted by molar-refractivity contribution is -0.113. The van der Waals surface area contributed by atoms with Crippen molar-refractivity contribution in [3.63, 3.8) is 0 Å². The van der Waals surface area contributed by atoms with Gasteiger partial charge in [-0.25, -0.2) is 4.79 Å². The topological polar surface area (TPSA) is 204 Å². The lowest BCUT2D eigenvalue weighted by Crippen LogP contribution is -2.33. The van der Waals surface area contributed by atoms with Gasteiger partial charge >= 0.3 is 22.0 Å². The lowest BCUT2D eigenvalue weighted by Gasteiger charge is -2.13. The van der Waals surface area contributed by atoms with E-state index in [-0.39, 0.29) is 0 Å². The second-order valence-electron chi connectivity index (χ2n) is 4.98. The van der Waals surface area contributed by atoms with E-state index in [1.165, 1.54) is 10.8 Å². The number of nitrogens with zero attached hydrogens (tertiary/aromatic N) is 1. The second-order valence-corrected chi connectivity index (χ2v) is 7.90. The Balaban J connectivity index is 0.000000276. The molecule has 1 aromatic heterocycles. The van der Waals surface area contributed by atoms with Gasteiger partial charge in [-0.15, -0.1) is 0 Å². The number of rotatable bonds is 5. The summed E-state index contributed by atoms with van der Waals surface area (Å²) in [5, 5.41) is 9.17. The minimum Gasteiger partial charge on any atom is -0.368 e. The molecule has 2 rings (SSSR count). The van der Waals surface area contributed by atoms with E-state index >= 15 is 0 Å². The third-order valence-electron chi connectivity index (χ3n) is 2.89. The summed E-state index contributed by atoms with van der Waals surface area (Å²) in [6.07, 6.45) is 1.20. The van der Waals surface area contributed by atoms with Gasteiger partial charge < -0.3 is 9.84 Å². The molecular formula is C10H19BN2O11P2+2. The van der Waals surface area contributed by atoms with Gasteiger partial charge in [0.1, 0.15) is 14.1 Å². The zero-order chi connectivity index (χ0) is 20.1. The molecule has 1 fully saturated rings. The molecule has 0 amide bonds. The van der Waals surface area contributed by atoms with Gasteiger partial charge in [0.2, 0.25) is 0 Å². The van der Waals surface area contributed by atoms with Crippen LogP contribution in [0.1, 0.15) is 24.6 Å². The molecule has 7 N–H and O–H groups in total. The van der Waals surface area contributed by atoms with E-state index < -0.39 is 46.6 Å². The summed E-state index contributed by atoms with van der Waals surface area (Å²) in [5.74, 6) is 0. The number of hydrogen-bond donors (Lipinski definition) is 7. The molecule has 0 spiro atoms. The first-order valence-electron chi connectivity index (χ1n) is 6.98. The van der Waals surface area contributed by atoms with Gasteiger partial charge in [0.25, 0.3) is 5.56 Å². The molecule has 13 nitrogen and oxygen atoms in total. The summed E-state index contributed by atoms with van der Waals surface area (Å²) >= 11 is 0. The summed E-state index contributed by atoms with van der Waals surface area (Å²) < 4.78 is 13.9. The predicted molar refractivity (Wildman–Crippen MR) is 89.1 cm³/mol. The van der Waals surface area contributed by atoms with E-state index in [0.29, 0.717) is 18.4 Å². The van der Waals surface area contributed by atoms with Crippen molar-refractivity contribution in [2.24, 2.45) is 0 Å². The summed E-state index contributed by atoms with van der Waals surface area (Å²) in [4.78, 5) is 66.3. The fourth-order valence-electron chi connectivity index (χ4n) is 1.87. The minimum absolute atomic E-state index is 0.394. The molecule has 0 aromatic carbocycles. The van der Waals surface area contributed by atoms with Crippen LogP contribution >= 0.6 is 16.3 Å². The highest BCUT2D eigenvalue weighted by atomic mass is 31.3. The molecule has 1 saturated heterocycles. The van der Waals surface area contributed by atoms with E-state index in [2.05, 4.69) is 13.8 Å². The maximum absolute atomic E-state index is 11.4. The van der Waals surface area contributed by atoms with Crippen molar-refractivity contribution in [2.45, 2.75) is 32.3 Å². The first-order chi connectivity index (χ1) is 11.8. The van der Waals surface area contributed by atoms with Crippen LogP contribution in [0.5, 0.6) is 0 Å². The molecule has 2 radical (unpaired) electrons. The number of hydrogen-bond acceptors (Lipinski definition) is 11. The first kappa shape index (κ1) is 23.3. The lowest BCUT2D eigenvalue weighted by atomic mass is 10.2. The molecule has 1 unspecified atom stereocenters. The molecule has 0 aliphatic carbocycles. The van der Waals surface area contributed by atoms with Gasteiger partial charge in [0, 0.05) is 18.2 Å². The zero-order valence-corrected chi connectivity index (χ0v) is 15.3. The third kappa shape index (κ3) is 7.86. The molecule has 146 valence electrons. The Morgan fingerprint density at radius 3 is 2.38 bits per heavy atom. The number of aryl methyl sites for hydroxylation is 1. The van der Waals surface area contributed by atoms with E-state index in [0.717, 1.165) is 0 Å². The Labute approximate surface area is 149 Å². The average molecular weight is 416 g/mol. The largest absolute Gasteiger partial charge is 0.619 e. The summed E-state index contributed by atoms with van der Waals surface area (Å²) in [6.45, 7) is 1.03. The summed E-state index contributed by atoms with van der Waals surface area (Å²) in [6, 6.07) is 0. The van der Waals surface area contributed by atoms with E-state index in [1.807, 2.05) is 0 Å². The van der Waals surface area contributed by atoms with Gasteiger partial charge in [-0.1, -0.05) is 0 Å². The molecule has 1 aromatic rings. The number of aromatic amines is 1. The molecule has 1 aliphatic heterocycles. The Morgan fingerprint density at radius 1 is 1.31 bits per heavy atom. The Morgan fingerprint density at radius 2 is 1.92 bits per heavy atom. The molecule has 16 heteroatoms. The number of aromatic nitrogens is 2. The van der Waals surface area contributed by atoms with Crippen molar-refractivity contribution in [1.29, 1.82) is 0 Å². The standard InChI is InChI=1S/C9H12N2O4.CH7BO7P2/c1-5-4-11(9(14)10-8(5)13)6-2-3-7(12)15-6;2-1-8-11(6,7)9-10(3,4)5/h4,6-7,12H,2-3H2,1H3,(H,10,13,14);3-7H,1H2/q;+2/t6?,7-;/m0./s1. The number of aliphatic hydroxyl groups is 1. The number of nitrogens with one attached hydrogen (secondary N) is 1. The van der Waals surface area contributed by atoms with Crippen LogP contribution in [0, 0.1) is 6.92 Å². The molecule has 0 saturated carbocycles. The second kappa shape index (κ2) is 9.44. The highest BCUT2D eigenvalue weighted by molar-refractivity contribution is 7.67. The maximum atomic E-state index is 11.4. The van der Waals surface area contributed by atoms with Gasteiger partial charge in [-0.05, 0) is 13.3 Å². The van der Waals surface area contributed by atoms with Gasteiger partial charge in [0.05, 0.1) is 10.8 Å². The van der Waals surface area contributed by atoms with Gasteiger partial charge in [-0.2, -0.15) is 29.0 Å². The number of H-pyrrole nitrogens is 1. The molecule has 2 heterocycles. The highest BCUT2D eigenvalue weighted by Crippen LogP contribution is 2.66. The highest BCUT2D eigenvalue weighted by Gasteiger charge is 2.57. The Hall–Kier alpha value is -0.755. The van der Waals surface area contributed by atoms with E-state index in [9.17, 15) is 9.59 Å². The molecule has 2 atom stereocenters. The van der Waals surface area contributed by atoms with Crippen LogP contribution < -0.4 is 11.2 Å². The maximum Gasteiger partial charge on any atom is 0.619 e. The fraction of sp³-hybridized carbons (Fsp3) is 0.600. The van der Waals surface area contributed by atoms with Crippen LogP contribution in [-0.2, 0) is 13.6 Å². The Bertz CT molecular complexity index is 703. The van der Waals surface area contributed by atoms with Crippen molar-refractivity contribution in [3.05, 3.63) is 32.6 Å². The van der Waals surface area contributed by atoms with E-state index in [4.69, 9.17) is 42.2 Å². The summed E-state index contributed by atoms with van der Waals surface area (Å²) in [7, 11) is -4.38. The molecular weight excluding hydrogens is 397 g/mol. The van der Waals surface area contributed by atoms with Crippen LogP contribution in [0.4, 0.5) is 0 Å². The summed E-state index contributed by atoms with van der Waals surface area (Å²) in [5.41, 5.74) is -0.459. The van der Waals surface area contributed by atoms with Crippen LogP contribution in [-0.4, -0.2) is 59.8 Å². The van der Waals surface area contributed by atoms with Crippen molar-refractivity contribution in [2.75, 3.05) is 6.51 Å². The zero-order valence-electron chi connectivity index (χ0n) is 13.5. The first-order valence-corrected chi connectivity index (χ1v) is 10.1. The molecule has 26 heavy (non-hydrogen) atoms. The average Bonchev–Trinajstić information content (AvgIpc) is 2.87. The van der Waals surface area contributed by atoms with Crippen LogP contribution in [0.2, 0.25) is 0 Å². The smallest absolute Gasteiger partial charge is 0.368 e. The van der Waals surface area contributed by atoms with Gasteiger partial charge in [-0.3, -0.25) is 14.3 Å². The number of ether oxygens (including phenoxy) is 1. The minimum atomic E-state index is -4.70. The van der Waals surface area contributed by atoms with E-state index in [1.54, 1.807) is 6.92 Å². The third-order valence-corrected chi connectivity index (χ3v) is 5.10. The molecule has 1 aliphatic rings. The monoisotopic (exact) mass is 416 g/mol. The SMILES string of the molecule is Cc1cn(C2CC[C@@H](O)O2)c(=O)[nH]c1=O.[B]CO[P+](O)(O)O[P+](O)(O)O. The number of aliphatic hydroxyl groups excluding tert-OH is 1. The van der Waals surface area contributed by atoms with Crippen LogP contribution in [0.3, 0.4) is 0 Å². The fourth-order valence-corrected chi connectivity index (χ4v) is 3.39. The van der Waals surface area contributed by atoms with Crippen LogP contribution in [0.25, 0.3) is 0 Å². The normalized spacial score (nSPS) is 20.6. The van der Waals surface area contributed by atoms with Crippen molar-refractivity contribution < 1.29 is 43.1 Å². The predicted octanol–water partition coefficient (Wildman–Crippen LogP) is -2.07. The van der Waals surface area contributed by atoms with Gasteiger partial charge in [0.15, 0.2) is 6.29 Å². The van der Waals surface area contributed by atoms with Crippen molar-refractivity contribution in [1.82, 2.24) is 9.55 Å². The van der Waals surface area contributed by atoms with Crippen LogP contribution in [0.15, 0.2) is 15.8 Å². The van der Waals surface area contributed by atoms with Crippen molar-refractivity contribution >= 4 is 24.2 Å². The Kier molecular flexibility index (Phi) is 8.46. The molecule has 0 bridgehead atoms. The quantitative estimate of drug-likeness (QED) is 0.205.